The van der Waals surface area contributed by atoms with E-state index in [1.165, 1.54) is 5.56 Å². The maximum absolute atomic E-state index is 13.4. The number of fused-ring (bicyclic) bond motifs is 2. The minimum absolute atomic E-state index is 0.0110. The van der Waals surface area contributed by atoms with Gasteiger partial charge in [-0.05, 0) is 49.4 Å². The highest BCUT2D eigenvalue weighted by atomic mass is 16.5. The molecule has 0 spiro atoms. The Labute approximate surface area is 165 Å². The molecule has 5 heteroatoms. The molecule has 0 saturated carbocycles. The van der Waals surface area contributed by atoms with Crippen LogP contribution >= 0.6 is 0 Å². The van der Waals surface area contributed by atoms with Gasteiger partial charge in [0.1, 0.15) is 0 Å². The monoisotopic (exact) mass is 381 g/mol. The normalized spacial score (nSPS) is 25.8. The van der Waals surface area contributed by atoms with Gasteiger partial charge in [0, 0.05) is 23.1 Å². The first kappa shape index (κ1) is 18.8. The van der Waals surface area contributed by atoms with Gasteiger partial charge in [-0.2, -0.15) is 0 Å². The SMILES string of the molecule is COc1ccc(C(=O)N2[C@H]3CC[C@@H]2[C@@](CO)(Cc2ccccc2)C3)cc1OC. The number of carbonyl (C=O) groups is 1. The Balaban J connectivity index is 1.62. The van der Waals surface area contributed by atoms with Crippen LogP contribution in [-0.4, -0.2) is 48.8 Å². The molecular formula is C23H27NO4. The van der Waals surface area contributed by atoms with Crippen LogP contribution < -0.4 is 9.47 Å². The second-order valence-electron chi connectivity index (χ2n) is 7.92. The average molecular weight is 381 g/mol. The summed E-state index contributed by atoms with van der Waals surface area (Å²) in [4.78, 5) is 15.4. The van der Waals surface area contributed by atoms with Crippen LogP contribution in [0.3, 0.4) is 0 Å². The topological polar surface area (TPSA) is 59.0 Å². The predicted molar refractivity (Wildman–Crippen MR) is 107 cm³/mol. The summed E-state index contributed by atoms with van der Waals surface area (Å²) >= 11 is 0. The number of ether oxygens (including phenoxy) is 2. The molecule has 2 aliphatic heterocycles. The quantitative estimate of drug-likeness (QED) is 0.834. The Morgan fingerprint density at radius 1 is 1.11 bits per heavy atom. The Morgan fingerprint density at radius 3 is 2.54 bits per heavy atom. The first-order chi connectivity index (χ1) is 13.6. The number of methoxy groups -OCH3 is 2. The van der Waals surface area contributed by atoms with E-state index in [0.717, 1.165) is 25.7 Å². The number of hydrogen-bond acceptors (Lipinski definition) is 4. The first-order valence-electron chi connectivity index (χ1n) is 9.81. The Hall–Kier alpha value is -2.53. The molecule has 2 saturated heterocycles. The number of amides is 1. The third-order valence-electron chi connectivity index (χ3n) is 6.43. The molecule has 148 valence electrons. The average Bonchev–Trinajstić information content (AvgIpc) is 3.29. The van der Waals surface area contributed by atoms with Crippen LogP contribution in [0.25, 0.3) is 0 Å². The standard InChI is InChI=1S/C23H27NO4/c1-27-19-10-8-17(12-20(19)28-2)22(26)24-18-9-11-21(24)23(14-18,15-25)13-16-6-4-3-5-7-16/h3-8,10,12,18,21,25H,9,11,13-15H2,1-2H3/t18-,21+,23-/m0/s1. The highest BCUT2D eigenvalue weighted by Gasteiger charge is 2.57. The molecule has 0 aliphatic carbocycles. The molecule has 0 aromatic heterocycles. The lowest BCUT2D eigenvalue weighted by Gasteiger charge is -2.36. The van der Waals surface area contributed by atoms with Crippen molar-refractivity contribution in [2.75, 3.05) is 20.8 Å². The Morgan fingerprint density at radius 2 is 1.86 bits per heavy atom. The second-order valence-corrected chi connectivity index (χ2v) is 7.92. The third kappa shape index (κ3) is 3.04. The van der Waals surface area contributed by atoms with Crippen LogP contribution in [0.5, 0.6) is 11.5 Å². The largest absolute Gasteiger partial charge is 0.493 e. The number of nitrogens with zero attached hydrogens (tertiary/aromatic N) is 1. The summed E-state index contributed by atoms with van der Waals surface area (Å²) in [6.45, 7) is 0.0960. The molecule has 2 fully saturated rings. The number of carbonyl (C=O) groups excluding carboxylic acids is 1. The van der Waals surface area contributed by atoms with Gasteiger partial charge in [-0.15, -0.1) is 0 Å². The molecule has 1 amide bonds. The van der Waals surface area contributed by atoms with Gasteiger partial charge in [0.15, 0.2) is 11.5 Å². The van der Waals surface area contributed by atoms with Crippen molar-refractivity contribution in [3.63, 3.8) is 0 Å². The fourth-order valence-corrected chi connectivity index (χ4v) is 5.13. The highest BCUT2D eigenvalue weighted by Crippen LogP contribution is 2.52. The zero-order valence-corrected chi connectivity index (χ0v) is 16.4. The third-order valence-corrected chi connectivity index (χ3v) is 6.43. The van der Waals surface area contributed by atoms with Crippen molar-refractivity contribution in [1.29, 1.82) is 0 Å². The molecule has 2 heterocycles. The van der Waals surface area contributed by atoms with Crippen molar-refractivity contribution in [2.24, 2.45) is 5.41 Å². The minimum atomic E-state index is -0.267. The van der Waals surface area contributed by atoms with Crippen molar-refractivity contribution in [2.45, 2.75) is 37.8 Å². The summed E-state index contributed by atoms with van der Waals surface area (Å²) in [7, 11) is 3.15. The summed E-state index contributed by atoms with van der Waals surface area (Å²) in [6, 6.07) is 15.8. The van der Waals surface area contributed by atoms with Gasteiger partial charge in [0.25, 0.3) is 5.91 Å². The summed E-state index contributed by atoms with van der Waals surface area (Å²) < 4.78 is 10.6. The Kier molecular flexibility index (Phi) is 5.02. The lowest BCUT2D eigenvalue weighted by molar-refractivity contribution is 0.0571. The maximum Gasteiger partial charge on any atom is 0.254 e. The van der Waals surface area contributed by atoms with E-state index < -0.39 is 0 Å². The lowest BCUT2D eigenvalue weighted by Crippen LogP contribution is -2.43. The molecule has 3 atom stereocenters. The summed E-state index contributed by atoms with van der Waals surface area (Å²) in [5, 5.41) is 10.3. The number of hydrogen-bond donors (Lipinski definition) is 1. The number of aliphatic hydroxyl groups excluding tert-OH is 1. The van der Waals surface area contributed by atoms with Crippen LogP contribution in [0.15, 0.2) is 48.5 Å². The van der Waals surface area contributed by atoms with E-state index in [-0.39, 0.29) is 30.0 Å². The number of aliphatic hydroxyl groups is 1. The van der Waals surface area contributed by atoms with Gasteiger partial charge in [0.05, 0.1) is 20.8 Å². The van der Waals surface area contributed by atoms with E-state index in [4.69, 9.17) is 9.47 Å². The minimum Gasteiger partial charge on any atom is -0.493 e. The molecule has 2 bridgehead atoms. The van der Waals surface area contributed by atoms with E-state index in [1.807, 2.05) is 23.1 Å². The smallest absolute Gasteiger partial charge is 0.254 e. The summed E-state index contributed by atoms with van der Waals surface area (Å²) in [6.07, 6.45) is 3.58. The van der Waals surface area contributed by atoms with Crippen molar-refractivity contribution in [3.8, 4) is 11.5 Å². The number of rotatable bonds is 6. The van der Waals surface area contributed by atoms with Crippen LogP contribution in [0.2, 0.25) is 0 Å². The Bertz CT molecular complexity index is 853. The molecule has 5 nitrogen and oxygen atoms in total. The maximum atomic E-state index is 13.4. The van der Waals surface area contributed by atoms with Gasteiger partial charge < -0.3 is 19.5 Å². The fourth-order valence-electron chi connectivity index (χ4n) is 5.13. The fraction of sp³-hybridized carbons (Fsp3) is 0.435. The molecule has 1 N–H and O–H groups in total. The van der Waals surface area contributed by atoms with Crippen molar-refractivity contribution in [1.82, 2.24) is 4.90 Å². The van der Waals surface area contributed by atoms with Crippen molar-refractivity contribution < 1.29 is 19.4 Å². The van der Waals surface area contributed by atoms with Crippen LogP contribution in [0.4, 0.5) is 0 Å². The molecule has 2 aromatic carbocycles. The first-order valence-corrected chi connectivity index (χ1v) is 9.81. The van der Waals surface area contributed by atoms with Gasteiger partial charge in [-0.25, -0.2) is 0 Å². The van der Waals surface area contributed by atoms with E-state index in [9.17, 15) is 9.90 Å². The zero-order chi connectivity index (χ0) is 19.7. The summed E-state index contributed by atoms with van der Waals surface area (Å²) in [5.74, 6) is 1.17. The predicted octanol–water partition coefficient (Wildman–Crippen LogP) is 3.30. The van der Waals surface area contributed by atoms with Crippen LogP contribution in [0, 0.1) is 5.41 Å². The molecule has 2 aliphatic rings. The molecule has 28 heavy (non-hydrogen) atoms. The number of benzene rings is 2. The van der Waals surface area contributed by atoms with E-state index in [1.54, 1.807) is 32.4 Å². The van der Waals surface area contributed by atoms with Gasteiger partial charge >= 0.3 is 0 Å². The van der Waals surface area contributed by atoms with Crippen molar-refractivity contribution in [3.05, 3.63) is 59.7 Å². The van der Waals surface area contributed by atoms with Crippen LogP contribution in [-0.2, 0) is 6.42 Å². The molecule has 4 rings (SSSR count). The van der Waals surface area contributed by atoms with Gasteiger partial charge in [0.2, 0.25) is 0 Å². The van der Waals surface area contributed by atoms with E-state index in [0.29, 0.717) is 17.1 Å². The van der Waals surface area contributed by atoms with E-state index in [2.05, 4.69) is 12.1 Å². The van der Waals surface area contributed by atoms with Gasteiger partial charge in [-0.1, -0.05) is 30.3 Å². The van der Waals surface area contributed by atoms with Crippen LogP contribution in [0.1, 0.15) is 35.2 Å². The lowest BCUT2D eigenvalue weighted by atomic mass is 9.70. The highest BCUT2D eigenvalue weighted by molar-refractivity contribution is 5.96. The molecular weight excluding hydrogens is 354 g/mol. The van der Waals surface area contributed by atoms with Gasteiger partial charge in [-0.3, -0.25) is 4.79 Å². The second kappa shape index (κ2) is 7.47. The molecule has 2 aromatic rings. The van der Waals surface area contributed by atoms with E-state index >= 15 is 0 Å². The zero-order valence-electron chi connectivity index (χ0n) is 16.4. The van der Waals surface area contributed by atoms with Crippen molar-refractivity contribution >= 4 is 5.91 Å². The summed E-state index contributed by atoms with van der Waals surface area (Å²) in [5.41, 5.74) is 1.54. The molecule has 0 radical (unpaired) electrons. The molecule has 0 unspecified atom stereocenters.